The number of benzene rings is 2. The quantitative estimate of drug-likeness (QED) is 0.126. The second-order valence-corrected chi connectivity index (χ2v) is 18.0. The molecule has 0 amide bonds. The van der Waals surface area contributed by atoms with E-state index in [0.29, 0.717) is 17.8 Å². The lowest BCUT2D eigenvalue weighted by Crippen LogP contribution is -1.97. The van der Waals surface area contributed by atoms with Gasteiger partial charge in [0.25, 0.3) is 0 Å². The van der Waals surface area contributed by atoms with Crippen LogP contribution in [0.2, 0.25) is 0 Å². The molecule has 332 valence electrons. The van der Waals surface area contributed by atoms with E-state index >= 15 is 0 Å². The lowest BCUT2D eigenvalue weighted by atomic mass is 10.0. The Kier molecular flexibility index (Phi) is 31.4. The van der Waals surface area contributed by atoms with Crippen molar-refractivity contribution >= 4 is 0 Å². The Morgan fingerprint density at radius 1 is 0.517 bits per heavy atom. The van der Waals surface area contributed by atoms with Gasteiger partial charge in [-0.2, -0.15) is 0 Å². The summed E-state index contributed by atoms with van der Waals surface area (Å²) in [5.41, 5.74) is 6.50. The zero-order chi connectivity index (χ0) is 43.8. The van der Waals surface area contributed by atoms with Crippen molar-refractivity contribution in [2.45, 2.75) is 136 Å². The highest BCUT2D eigenvalue weighted by atomic mass is 15.0. The van der Waals surface area contributed by atoms with Gasteiger partial charge in [0.1, 0.15) is 0 Å². The molecule has 4 aromatic heterocycles. The predicted molar refractivity (Wildman–Crippen MR) is 262 cm³/mol. The van der Waals surface area contributed by atoms with Crippen LogP contribution in [0.25, 0.3) is 0 Å². The van der Waals surface area contributed by atoms with Gasteiger partial charge < -0.3 is 14.1 Å². The largest absolute Gasteiger partial charge is 0.354 e. The molecule has 6 aromatic rings. The van der Waals surface area contributed by atoms with Gasteiger partial charge >= 0.3 is 0 Å². The Morgan fingerprint density at radius 3 is 1.38 bits per heavy atom. The molecule has 4 heterocycles. The highest BCUT2D eigenvalue weighted by Crippen LogP contribution is 2.08. The first-order valence-corrected chi connectivity index (χ1v) is 22.1. The van der Waals surface area contributed by atoms with Crippen molar-refractivity contribution in [3.63, 3.8) is 0 Å². The zero-order valence-corrected chi connectivity index (χ0v) is 39.4. The van der Waals surface area contributed by atoms with Gasteiger partial charge in [-0.05, 0) is 109 Å². The summed E-state index contributed by atoms with van der Waals surface area (Å²) >= 11 is 0. The highest BCUT2D eigenvalue weighted by Gasteiger charge is 2.00. The van der Waals surface area contributed by atoms with Gasteiger partial charge in [-0.25, -0.2) is 9.97 Å². The monoisotopic (exact) mass is 819 g/mol. The van der Waals surface area contributed by atoms with Crippen LogP contribution in [-0.4, -0.2) is 29.1 Å². The van der Waals surface area contributed by atoms with E-state index in [0.717, 1.165) is 43.6 Å². The molecule has 0 saturated carbocycles. The molecule has 6 rings (SSSR count). The third kappa shape index (κ3) is 32.2. The van der Waals surface area contributed by atoms with Crippen LogP contribution in [0.5, 0.6) is 0 Å². The molecule has 0 aliphatic carbocycles. The smallest absolute Gasteiger partial charge is 0.0946 e. The summed E-state index contributed by atoms with van der Waals surface area (Å²) in [7, 11) is 2.00. The fourth-order valence-electron chi connectivity index (χ4n) is 5.86. The van der Waals surface area contributed by atoms with Crippen molar-refractivity contribution in [3.05, 3.63) is 163 Å². The molecular weight excluding hydrogens is 733 g/mol. The molecule has 0 bridgehead atoms. The summed E-state index contributed by atoms with van der Waals surface area (Å²) < 4.78 is 4.21. The molecule has 0 aliphatic heterocycles. The Bertz CT molecular complexity index is 1630. The fraction of sp³-hybridized carbons (Fsp3) is 0.500. The number of aromatic amines is 1. The second kappa shape index (κ2) is 34.0. The van der Waals surface area contributed by atoms with Crippen molar-refractivity contribution in [1.82, 2.24) is 29.1 Å². The number of nitrogens with one attached hydrogen (secondary N) is 1. The molecule has 0 saturated heterocycles. The van der Waals surface area contributed by atoms with E-state index in [1.807, 2.05) is 42.5 Å². The van der Waals surface area contributed by atoms with Crippen LogP contribution in [0.3, 0.4) is 0 Å². The first-order valence-electron chi connectivity index (χ1n) is 22.1. The van der Waals surface area contributed by atoms with E-state index in [2.05, 4.69) is 205 Å². The van der Waals surface area contributed by atoms with Crippen molar-refractivity contribution in [3.8, 4) is 0 Å². The van der Waals surface area contributed by atoms with Gasteiger partial charge in [0.2, 0.25) is 0 Å². The first kappa shape index (κ1) is 55.3. The van der Waals surface area contributed by atoms with Crippen molar-refractivity contribution in [2.24, 2.45) is 42.6 Å². The Balaban J connectivity index is 0.000000694. The van der Waals surface area contributed by atoms with Gasteiger partial charge in [0.15, 0.2) is 0 Å². The van der Waals surface area contributed by atoms with Crippen molar-refractivity contribution in [1.29, 1.82) is 0 Å². The molecule has 0 spiro atoms. The van der Waals surface area contributed by atoms with Gasteiger partial charge in [0, 0.05) is 56.0 Å². The first-order chi connectivity index (χ1) is 28.1. The molecule has 2 aromatic carbocycles. The van der Waals surface area contributed by atoms with Crippen LogP contribution < -0.4 is 0 Å². The fourth-order valence-corrected chi connectivity index (χ4v) is 5.86. The van der Waals surface area contributed by atoms with Gasteiger partial charge in [0.05, 0.1) is 18.3 Å². The summed E-state index contributed by atoms with van der Waals surface area (Å²) in [6.45, 7) is 27.8. The SMILES string of the molecule is C.CC(C)CCn1cccc1.CC(C)Cc1ccccc1.CC(C)Cc1ccccc1.CC(C)Cc1ccccn1.CC(C)Cc1cn(C)cn1.CC(C)Cc1cnc[nH]1. The van der Waals surface area contributed by atoms with E-state index in [9.17, 15) is 0 Å². The van der Waals surface area contributed by atoms with Crippen LogP contribution in [0.4, 0.5) is 0 Å². The molecule has 0 aliphatic rings. The number of rotatable bonds is 13. The summed E-state index contributed by atoms with van der Waals surface area (Å²) in [5.74, 6) is 4.46. The number of hydrogen-bond acceptors (Lipinski definition) is 3. The van der Waals surface area contributed by atoms with E-state index < -0.39 is 0 Å². The van der Waals surface area contributed by atoms with Crippen LogP contribution in [0.15, 0.2) is 135 Å². The van der Waals surface area contributed by atoms with Gasteiger partial charge in [-0.3, -0.25) is 4.98 Å². The molecule has 0 atom stereocenters. The normalized spacial score (nSPS) is 10.3. The van der Waals surface area contributed by atoms with Crippen LogP contribution >= 0.6 is 0 Å². The van der Waals surface area contributed by atoms with E-state index in [1.54, 1.807) is 6.33 Å². The van der Waals surface area contributed by atoms with Crippen LogP contribution in [0.1, 0.15) is 125 Å². The second-order valence-electron chi connectivity index (χ2n) is 18.0. The lowest BCUT2D eigenvalue weighted by molar-refractivity contribution is 0.517. The Morgan fingerprint density at radius 2 is 1.00 bits per heavy atom. The zero-order valence-electron chi connectivity index (χ0n) is 39.4. The molecule has 60 heavy (non-hydrogen) atoms. The molecule has 6 heteroatoms. The minimum absolute atomic E-state index is 0. The Hall–Kier alpha value is -4.71. The summed E-state index contributed by atoms with van der Waals surface area (Å²) in [5, 5.41) is 0. The average Bonchev–Trinajstić information content (AvgIpc) is 3.97. The molecule has 6 nitrogen and oxygen atoms in total. The molecule has 1 N–H and O–H groups in total. The molecule has 0 unspecified atom stereocenters. The molecule has 0 radical (unpaired) electrons. The van der Waals surface area contributed by atoms with Crippen molar-refractivity contribution in [2.75, 3.05) is 0 Å². The third-order valence-electron chi connectivity index (χ3n) is 8.51. The van der Waals surface area contributed by atoms with Gasteiger partial charge in [-0.15, -0.1) is 0 Å². The number of pyridine rings is 1. The maximum atomic E-state index is 4.22. The van der Waals surface area contributed by atoms with Crippen LogP contribution in [0, 0.1) is 35.5 Å². The number of aryl methyl sites for hydroxylation is 2. The number of imidazole rings is 2. The minimum atomic E-state index is 0. The number of H-pyrrole nitrogens is 1. The topological polar surface area (TPSA) is 64.3 Å². The standard InChI is InChI=1S/2C10H14.C9H15N.C9H13N.C8H14N2.C7H12N2.CH4/c2*1-9(2)8-10-6-4-3-5-7-10;1-9(2)5-8-10-6-3-4-7-10;1-8(2)7-9-5-3-4-6-10-9;1-7(2)4-8-5-10(3)6-9-8;1-6(2)3-7-4-8-5-9-7;/h2*3-7,9H,8H2,1-2H3;3-4,6-7,9H,5,8H2,1-2H3;3-6,8H,7H2,1-2H3;5-7H,4H2,1-3H3;4-6H,3H2,1-2H3,(H,8,9);1H4. The summed E-state index contributed by atoms with van der Waals surface area (Å²) in [6, 6.07) is 31.4. The van der Waals surface area contributed by atoms with Crippen LogP contribution in [-0.2, 0) is 45.7 Å². The van der Waals surface area contributed by atoms with E-state index in [4.69, 9.17) is 0 Å². The van der Waals surface area contributed by atoms with Gasteiger partial charge in [-0.1, -0.05) is 157 Å². The molecular formula is C54H86N6. The minimum Gasteiger partial charge on any atom is -0.354 e. The number of hydrogen-bond donors (Lipinski definition) is 1. The number of nitrogens with zero attached hydrogens (tertiary/aromatic N) is 5. The maximum Gasteiger partial charge on any atom is 0.0946 e. The summed E-state index contributed by atoms with van der Waals surface area (Å²) in [6.07, 6.45) is 20.5. The third-order valence-corrected chi connectivity index (χ3v) is 8.51. The van der Waals surface area contributed by atoms with Crippen molar-refractivity contribution < 1.29 is 0 Å². The maximum absolute atomic E-state index is 4.22. The molecule has 0 fully saturated rings. The average molecular weight is 819 g/mol. The number of aromatic nitrogens is 6. The lowest BCUT2D eigenvalue weighted by Gasteiger charge is -2.04. The highest BCUT2D eigenvalue weighted by molar-refractivity contribution is 5.15. The summed E-state index contributed by atoms with van der Waals surface area (Å²) in [4.78, 5) is 15.4. The predicted octanol–water partition coefficient (Wildman–Crippen LogP) is 14.4. The van der Waals surface area contributed by atoms with E-state index in [-0.39, 0.29) is 7.43 Å². The van der Waals surface area contributed by atoms with E-state index in [1.165, 1.54) is 47.5 Å². The Labute approximate surface area is 368 Å².